The van der Waals surface area contributed by atoms with Crippen molar-refractivity contribution >= 4 is 0 Å². The van der Waals surface area contributed by atoms with E-state index < -0.39 is 12.7 Å². The summed E-state index contributed by atoms with van der Waals surface area (Å²) < 4.78 is 38.1. The lowest BCUT2D eigenvalue weighted by atomic mass is 9.90. The highest BCUT2D eigenvalue weighted by atomic mass is 19.4. The molecule has 104 valence electrons. The smallest absolute Gasteiger partial charge is 0.308 e. The fourth-order valence-electron chi connectivity index (χ4n) is 3.41. The predicted molar refractivity (Wildman–Crippen MR) is 63.3 cm³/mol. The van der Waals surface area contributed by atoms with Crippen molar-refractivity contribution in [1.82, 2.24) is 10.2 Å². The van der Waals surface area contributed by atoms with Gasteiger partial charge in [0, 0.05) is 24.7 Å². The first-order valence-corrected chi connectivity index (χ1v) is 6.93. The third-order valence-electron chi connectivity index (χ3n) is 4.74. The zero-order chi connectivity index (χ0) is 13.0. The van der Waals surface area contributed by atoms with Crippen molar-refractivity contribution < 1.29 is 13.2 Å². The largest absolute Gasteiger partial charge is 0.401 e. The predicted octanol–water partition coefficient (Wildman–Crippen LogP) is 2.40. The molecule has 1 heterocycles. The highest BCUT2D eigenvalue weighted by Gasteiger charge is 2.50. The fourth-order valence-corrected chi connectivity index (χ4v) is 3.41. The molecule has 0 bridgehead atoms. The quantitative estimate of drug-likeness (QED) is 0.840. The first kappa shape index (κ1) is 12.7. The van der Waals surface area contributed by atoms with Crippen LogP contribution in [0.15, 0.2) is 0 Å². The molecular weight excluding hydrogens is 241 g/mol. The maximum Gasteiger partial charge on any atom is 0.401 e. The van der Waals surface area contributed by atoms with Crippen molar-refractivity contribution in [3.63, 3.8) is 0 Å². The number of halogens is 3. The molecule has 1 N–H and O–H groups in total. The number of hydrogen-bond donors (Lipinski definition) is 1. The van der Waals surface area contributed by atoms with Crippen LogP contribution < -0.4 is 5.32 Å². The molecule has 1 saturated heterocycles. The second-order valence-electron chi connectivity index (χ2n) is 6.50. The molecule has 2 nitrogen and oxygen atoms in total. The van der Waals surface area contributed by atoms with Gasteiger partial charge in [-0.2, -0.15) is 13.2 Å². The van der Waals surface area contributed by atoms with Gasteiger partial charge in [-0.25, -0.2) is 0 Å². The molecule has 18 heavy (non-hydrogen) atoms. The zero-order valence-electron chi connectivity index (χ0n) is 10.8. The van der Waals surface area contributed by atoms with E-state index in [1.165, 1.54) is 0 Å². The minimum absolute atomic E-state index is 0.0958. The van der Waals surface area contributed by atoms with Crippen LogP contribution >= 0.6 is 0 Å². The summed E-state index contributed by atoms with van der Waals surface area (Å²) in [6.45, 7) is 2.64. The van der Waals surface area contributed by atoms with E-state index in [0.717, 1.165) is 32.2 Å². The molecule has 2 atom stereocenters. The van der Waals surface area contributed by atoms with Crippen LogP contribution in [0, 0.1) is 11.8 Å². The first-order chi connectivity index (χ1) is 8.37. The summed E-state index contributed by atoms with van der Waals surface area (Å²) in [7, 11) is 0. The number of piperazine rings is 1. The molecule has 0 spiro atoms. The average molecular weight is 262 g/mol. The standard InChI is InChI=1S/C13H21F3N2/c1-12(10-4-5-10)7-18(8-13(14,15)16)11(6-17-12)9-2-3-9/h9-11,17H,2-8H2,1H3. The molecule has 1 aliphatic heterocycles. The topological polar surface area (TPSA) is 15.3 Å². The Kier molecular flexibility index (Phi) is 2.90. The van der Waals surface area contributed by atoms with E-state index in [4.69, 9.17) is 0 Å². The van der Waals surface area contributed by atoms with E-state index in [1.807, 2.05) is 0 Å². The Morgan fingerprint density at radius 1 is 1.22 bits per heavy atom. The minimum atomic E-state index is -4.07. The van der Waals surface area contributed by atoms with Crippen LogP contribution in [0.5, 0.6) is 0 Å². The molecule has 5 heteroatoms. The van der Waals surface area contributed by atoms with Gasteiger partial charge in [0.05, 0.1) is 6.54 Å². The summed E-state index contributed by atoms with van der Waals surface area (Å²) in [5, 5.41) is 3.54. The lowest BCUT2D eigenvalue weighted by Crippen LogP contribution is -2.65. The lowest BCUT2D eigenvalue weighted by Gasteiger charge is -2.47. The van der Waals surface area contributed by atoms with Gasteiger partial charge in [-0.05, 0) is 44.4 Å². The first-order valence-electron chi connectivity index (χ1n) is 6.93. The third kappa shape index (κ3) is 2.67. The molecule has 0 aromatic rings. The van der Waals surface area contributed by atoms with Gasteiger partial charge in [0.2, 0.25) is 0 Å². The highest BCUT2D eigenvalue weighted by Crippen LogP contribution is 2.44. The van der Waals surface area contributed by atoms with Crippen LogP contribution in [0.1, 0.15) is 32.6 Å². The summed E-state index contributed by atoms with van der Waals surface area (Å²) in [5.74, 6) is 1.07. The van der Waals surface area contributed by atoms with Gasteiger partial charge < -0.3 is 5.32 Å². The van der Waals surface area contributed by atoms with Gasteiger partial charge in [0.15, 0.2) is 0 Å². The number of hydrogen-bond acceptors (Lipinski definition) is 2. The summed E-state index contributed by atoms with van der Waals surface area (Å²) in [6, 6.07) is 0.0958. The maximum absolute atomic E-state index is 12.7. The molecule has 3 aliphatic rings. The van der Waals surface area contributed by atoms with E-state index in [9.17, 15) is 13.2 Å². The second-order valence-corrected chi connectivity index (χ2v) is 6.50. The number of alkyl halides is 3. The Balaban J connectivity index is 1.70. The number of nitrogens with zero attached hydrogens (tertiary/aromatic N) is 1. The second kappa shape index (κ2) is 4.10. The molecule has 3 rings (SSSR count). The van der Waals surface area contributed by atoms with Crippen molar-refractivity contribution in [3.8, 4) is 0 Å². The van der Waals surface area contributed by atoms with Crippen molar-refractivity contribution in [1.29, 1.82) is 0 Å². The van der Waals surface area contributed by atoms with Crippen LogP contribution in [0.2, 0.25) is 0 Å². The van der Waals surface area contributed by atoms with E-state index in [1.54, 1.807) is 4.90 Å². The Bertz CT molecular complexity index is 323. The third-order valence-corrected chi connectivity index (χ3v) is 4.74. The Morgan fingerprint density at radius 2 is 1.89 bits per heavy atom. The SMILES string of the molecule is CC1(C2CC2)CN(CC(F)(F)F)C(C2CC2)CN1. The zero-order valence-corrected chi connectivity index (χ0v) is 10.8. The van der Waals surface area contributed by atoms with Crippen LogP contribution in [0.25, 0.3) is 0 Å². The average Bonchev–Trinajstić information content (AvgIpc) is 3.10. The Morgan fingerprint density at radius 3 is 2.39 bits per heavy atom. The van der Waals surface area contributed by atoms with Crippen molar-refractivity contribution in [2.45, 2.75) is 50.4 Å². The molecule has 2 aliphatic carbocycles. The van der Waals surface area contributed by atoms with Gasteiger partial charge in [-0.1, -0.05) is 0 Å². The van der Waals surface area contributed by atoms with Crippen molar-refractivity contribution in [2.24, 2.45) is 11.8 Å². The molecule has 2 unspecified atom stereocenters. The molecule has 0 radical (unpaired) electrons. The van der Waals surface area contributed by atoms with Crippen LogP contribution in [0.3, 0.4) is 0 Å². The van der Waals surface area contributed by atoms with Crippen molar-refractivity contribution in [2.75, 3.05) is 19.6 Å². The van der Waals surface area contributed by atoms with E-state index >= 15 is 0 Å². The summed E-state index contributed by atoms with van der Waals surface area (Å²) >= 11 is 0. The van der Waals surface area contributed by atoms with Gasteiger partial charge in [0.1, 0.15) is 0 Å². The molecule has 0 aromatic carbocycles. The van der Waals surface area contributed by atoms with E-state index in [-0.39, 0.29) is 11.6 Å². The lowest BCUT2D eigenvalue weighted by molar-refractivity contribution is -0.158. The Hall–Kier alpha value is -0.290. The molecule has 0 aromatic heterocycles. The van der Waals surface area contributed by atoms with Crippen molar-refractivity contribution in [3.05, 3.63) is 0 Å². The van der Waals surface area contributed by atoms with E-state index in [2.05, 4.69) is 12.2 Å². The number of rotatable bonds is 3. The van der Waals surface area contributed by atoms with Gasteiger partial charge >= 0.3 is 6.18 Å². The Labute approximate surface area is 106 Å². The highest BCUT2D eigenvalue weighted by molar-refractivity contribution is 5.06. The van der Waals surface area contributed by atoms with Crippen LogP contribution in [0.4, 0.5) is 13.2 Å². The summed E-state index contributed by atoms with van der Waals surface area (Å²) in [6.07, 6.45) is 0.450. The fraction of sp³-hybridized carbons (Fsp3) is 1.00. The monoisotopic (exact) mass is 262 g/mol. The van der Waals surface area contributed by atoms with Gasteiger partial charge in [0.25, 0.3) is 0 Å². The normalized spacial score (nSPS) is 39.0. The van der Waals surface area contributed by atoms with E-state index in [0.29, 0.717) is 18.4 Å². The maximum atomic E-state index is 12.7. The van der Waals surface area contributed by atoms with Crippen LogP contribution in [-0.4, -0.2) is 42.3 Å². The molecule has 0 amide bonds. The van der Waals surface area contributed by atoms with Gasteiger partial charge in [-0.3, -0.25) is 4.90 Å². The molecule has 2 saturated carbocycles. The van der Waals surface area contributed by atoms with Crippen LogP contribution in [-0.2, 0) is 0 Å². The molecule has 3 fully saturated rings. The molecular formula is C13H21F3N2. The number of nitrogens with one attached hydrogen (secondary N) is 1. The minimum Gasteiger partial charge on any atom is -0.308 e. The summed E-state index contributed by atoms with van der Waals surface area (Å²) in [5.41, 5.74) is -0.101. The van der Waals surface area contributed by atoms with Gasteiger partial charge in [-0.15, -0.1) is 0 Å². The summed E-state index contributed by atoms with van der Waals surface area (Å²) in [4.78, 5) is 1.70.